The quantitative estimate of drug-likeness (QED) is 0.714. The van der Waals surface area contributed by atoms with E-state index in [-0.39, 0.29) is 10.8 Å². The van der Waals surface area contributed by atoms with E-state index < -0.39 is 11.8 Å². The van der Waals surface area contributed by atoms with E-state index in [1.54, 1.807) is 37.3 Å². The van der Waals surface area contributed by atoms with Gasteiger partial charge in [-0.1, -0.05) is 34.8 Å². The minimum atomic E-state index is -1.17. The molecule has 0 spiro atoms. The standard InChI is InChI=1S/C17H15Cl3N2O3/c1-3-24-17(2)13-8-11(19)9-14(20)15(13)25-16(23)22(17)21-12-6-4-10(18)5-7-12/h4-9,21H,3H2,1-2H3/t17-/m0/s1. The number of benzene rings is 2. The van der Waals surface area contributed by atoms with Gasteiger partial charge in [-0.05, 0) is 50.2 Å². The number of anilines is 1. The Morgan fingerprint density at radius 1 is 1.16 bits per heavy atom. The van der Waals surface area contributed by atoms with Crippen molar-refractivity contribution in [1.82, 2.24) is 5.01 Å². The Morgan fingerprint density at radius 2 is 1.84 bits per heavy atom. The number of hydrazine groups is 1. The van der Waals surface area contributed by atoms with Crippen LogP contribution in [0.3, 0.4) is 0 Å². The first-order valence-electron chi connectivity index (χ1n) is 7.53. The van der Waals surface area contributed by atoms with Crippen LogP contribution in [-0.4, -0.2) is 17.7 Å². The first-order chi connectivity index (χ1) is 11.8. The van der Waals surface area contributed by atoms with Crippen LogP contribution in [0.4, 0.5) is 10.5 Å². The number of carbonyl (C=O) groups excluding carboxylic acids is 1. The summed E-state index contributed by atoms with van der Waals surface area (Å²) in [5.74, 6) is 0.237. The van der Waals surface area contributed by atoms with Gasteiger partial charge >= 0.3 is 6.09 Å². The summed E-state index contributed by atoms with van der Waals surface area (Å²) in [6, 6.07) is 10.1. The van der Waals surface area contributed by atoms with Crippen molar-refractivity contribution in [3.05, 3.63) is 57.0 Å². The van der Waals surface area contributed by atoms with Gasteiger partial charge in [-0.15, -0.1) is 0 Å². The topological polar surface area (TPSA) is 50.8 Å². The molecule has 0 aromatic heterocycles. The fourth-order valence-corrected chi connectivity index (χ4v) is 3.32. The van der Waals surface area contributed by atoms with Crippen LogP contribution >= 0.6 is 34.8 Å². The molecule has 0 unspecified atom stereocenters. The molecule has 1 aliphatic heterocycles. The Balaban J connectivity index is 2.07. The van der Waals surface area contributed by atoms with Gasteiger partial charge in [0, 0.05) is 16.7 Å². The predicted molar refractivity (Wildman–Crippen MR) is 98.4 cm³/mol. The number of ether oxygens (including phenoxy) is 2. The molecule has 2 aromatic carbocycles. The van der Waals surface area contributed by atoms with Crippen LogP contribution < -0.4 is 10.2 Å². The molecule has 1 atom stereocenters. The highest BCUT2D eigenvalue weighted by molar-refractivity contribution is 6.36. The van der Waals surface area contributed by atoms with E-state index in [1.807, 2.05) is 6.92 Å². The first-order valence-corrected chi connectivity index (χ1v) is 8.66. The van der Waals surface area contributed by atoms with Crippen LogP contribution in [0, 0.1) is 0 Å². The third kappa shape index (κ3) is 3.37. The van der Waals surface area contributed by atoms with Gasteiger partial charge in [0.2, 0.25) is 0 Å². The zero-order valence-electron chi connectivity index (χ0n) is 13.5. The average molecular weight is 402 g/mol. The van der Waals surface area contributed by atoms with E-state index in [4.69, 9.17) is 44.3 Å². The molecular formula is C17H15Cl3N2O3. The molecule has 0 saturated heterocycles. The van der Waals surface area contributed by atoms with Gasteiger partial charge in [0.1, 0.15) is 0 Å². The van der Waals surface area contributed by atoms with E-state index in [9.17, 15) is 4.79 Å². The summed E-state index contributed by atoms with van der Waals surface area (Å²) in [4.78, 5) is 12.6. The second-order valence-electron chi connectivity index (χ2n) is 5.50. The van der Waals surface area contributed by atoms with Crippen molar-refractivity contribution >= 4 is 46.6 Å². The zero-order chi connectivity index (χ0) is 18.2. The molecule has 1 N–H and O–H groups in total. The number of fused-ring (bicyclic) bond motifs is 1. The van der Waals surface area contributed by atoms with Gasteiger partial charge in [-0.25, -0.2) is 4.79 Å². The third-order valence-electron chi connectivity index (χ3n) is 3.82. The summed E-state index contributed by atoms with van der Waals surface area (Å²) in [7, 11) is 0. The molecule has 0 bridgehead atoms. The maximum Gasteiger partial charge on any atom is 0.437 e. The van der Waals surface area contributed by atoms with Gasteiger partial charge in [0.05, 0.1) is 16.3 Å². The van der Waals surface area contributed by atoms with E-state index in [1.165, 1.54) is 11.1 Å². The van der Waals surface area contributed by atoms with Crippen molar-refractivity contribution in [2.24, 2.45) is 0 Å². The van der Waals surface area contributed by atoms with Gasteiger partial charge < -0.3 is 9.47 Å². The minimum absolute atomic E-state index is 0.237. The summed E-state index contributed by atoms with van der Waals surface area (Å²) in [5.41, 5.74) is 3.02. The first kappa shape index (κ1) is 18.1. The Bertz CT molecular complexity index is 814. The molecule has 1 aliphatic rings. The van der Waals surface area contributed by atoms with Gasteiger partial charge in [0.15, 0.2) is 11.5 Å². The van der Waals surface area contributed by atoms with Crippen LogP contribution in [0.5, 0.6) is 5.75 Å². The van der Waals surface area contributed by atoms with Crippen molar-refractivity contribution in [1.29, 1.82) is 0 Å². The van der Waals surface area contributed by atoms with Gasteiger partial charge in [-0.2, -0.15) is 5.01 Å². The van der Waals surface area contributed by atoms with Crippen molar-refractivity contribution in [3.63, 3.8) is 0 Å². The number of rotatable bonds is 4. The summed E-state index contributed by atoms with van der Waals surface area (Å²) in [6.45, 7) is 3.93. The second kappa shape index (κ2) is 6.92. The van der Waals surface area contributed by atoms with Gasteiger partial charge in [-0.3, -0.25) is 5.43 Å². The molecule has 2 aromatic rings. The van der Waals surface area contributed by atoms with Crippen LogP contribution in [0.2, 0.25) is 15.1 Å². The molecule has 132 valence electrons. The number of nitrogens with zero attached hydrogens (tertiary/aromatic N) is 1. The highest BCUT2D eigenvalue weighted by Crippen LogP contribution is 2.45. The van der Waals surface area contributed by atoms with Crippen LogP contribution in [0.1, 0.15) is 19.4 Å². The molecule has 0 radical (unpaired) electrons. The molecule has 3 rings (SSSR count). The number of amides is 1. The van der Waals surface area contributed by atoms with Crippen molar-refractivity contribution in [2.75, 3.05) is 12.0 Å². The SMILES string of the molecule is CCO[C@@]1(C)c2cc(Cl)cc(Cl)c2OC(=O)N1Nc1ccc(Cl)cc1. The molecule has 0 saturated carbocycles. The molecular weight excluding hydrogens is 387 g/mol. The zero-order valence-corrected chi connectivity index (χ0v) is 15.7. The Kier molecular flexibility index (Phi) is 5.02. The smallest absolute Gasteiger partial charge is 0.407 e. The lowest BCUT2D eigenvalue weighted by atomic mass is 10.0. The highest BCUT2D eigenvalue weighted by atomic mass is 35.5. The highest BCUT2D eigenvalue weighted by Gasteiger charge is 2.47. The van der Waals surface area contributed by atoms with Crippen LogP contribution in [0.25, 0.3) is 0 Å². The van der Waals surface area contributed by atoms with E-state index in [2.05, 4.69) is 5.43 Å². The molecule has 1 amide bonds. The summed E-state index contributed by atoms with van der Waals surface area (Å²) < 4.78 is 11.3. The maximum absolute atomic E-state index is 12.6. The molecule has 0 aliphatic carbocycles. The number of carbonyl (C=O) groups is 1. The molecule has 5 nitrogen and oxygen atoms in total. The average Bonchev–Trinajstić information content (AvgIpc) is 2.55. The summed E-state index contributed by atoms with van der Waals surface area (Å²) in [6.07, 6.45) is -0.650. The second-order valence-corrected chi connectivity index (χ2v) is 6.78. The van der Waals surface area contributed by atoms with Crippen molar-refractivity contribution < 1.29 is 14.3 Å². The summed E-state index contributed by atoms with van der Waals surface area (Å²) in [5, 5.41) is 2.50. The largest absolute Gasteiger partial charge is 0.437 e. The Hall–Kier alpha value is -1.66. The lowest BCUT2D eigenvalue weighted by molar-refractivity contribution is -0.130. The molecule has 1 heterocycles. The molecule has 0 fully saturated rings. The van der Waals surface area contributed by atoms with Crippen molar-refractivity contribution in [3.8, 4) is 5.75 Å². The fraction of sp³-hybridized carbons (Fsp3) is 0.235. The molecule has 8 heteroatoms. The van der Waals surface area contributed by atoms with E-state index in [0.717, 1.165) is 0 Å². The van der Waals surface area contributed by atoms with Crippen LogP contribution in [0.15, 0.2) is 36.4 Å². The fourth-order valence-electron chi connectivity index (χ4n) is 2.67. The Labute approximate surface area is 160 Å². The number of halogens is 3. The third-order valence-corrected chi connectivity index (χ3v) is 4.57. The van der Waals surface area contributed by atoms with Crippen LogP contribution in [-0.2, 0) is 10.5 Å². The minimum Gasteiger partial charge on any atom is -0.407 e. The number of nitrogens with one attached hydrogen (secondary N) is 1. The Morgan fingerprint density at radius 3 is 2.48 bits per heavy atom. The van der Waals surface area contributed by atoms with Crippen molar-refractivity contribution in [2.45, 2.75) is 19.6 Å². The predicted octanol–water partition coefficient (Wildman–Crippen LogP) is 5.70. The number of hydrogen-bond acceptors (Lipinski definition) is 4. The number of hydrogen-bond donors (Lipinski definition) is 1. The van der Waals surface area contributed by atoms with Gasteiger partial charge in [0.25, 0.3) is 0 Å². The maximum atomic E-state index is 12.6. The normalized spacial score (nSPS) is 19.4. The lowest BCUT2D eigenvalue weighted by Gasteiger charge is -2.44. The van der Waals surface area contributed by atoms with E-state index >= 15 is 0 Å². The van der Waals surface area contributed by atoms with E-state index in [0.29, 0.717) is 27.9 Å². The molecule has 25 heavy (non-hydrogen) atoms. The lowest BCUT2D eigenvalue weighted by Crippen LogP contribution is -2.56. The monoisotopic (exact) mass is 400 g/mol. The summed E-state index contributed by atoms with van der Waals surface area (Å²) >= 11 is 18.2.